The molecule has 2 aromatic carbocycles. The van der Waals surface area contributed by atoms with Crippen molar-refractivity contribution in [3.05, 3.63) is 90.4 Å². The first-order valence-electron chi connectivity index (χ1n) is 9.65. The molecule has 0 fully saturated rings. The molecule has 11 heteroatoms. The van der Waals surface area contributed by atoms with Crippen LogP contribution < -0.4 is 15.4 Å². The molecule has 4 aromatic rings. The number of benzene rings is 2. The summed E-state index contributed by atoms with van der Waals surface area (Å²) in [5, 5.41) is 6.18. The maximum absolute atomic E-state index is 13.8. The van der Waals surface area contributed by atoms with Crippen molar-refractivity contribution in [3.8, 4) is 0 Å². The molecule has 0 amide bonds. The molecule has 0 aliphatic rings. The van der Waals surface area contributed by atoms with Crippen LogP contribution >= 0.6 is 0 Å². The number of hydrogen-bond acceptors (Lipinski definition) is 7. The van der Waals surface area contributed by atoms with Gasteiger partial charge in [-0.25, -0.2) is 32.2 Å². The van der Waals surface area contributed by atoms with E-state index in [9.17, 15) is 17.2 Å². The van der Waals surface area contributed by atoms with E-state index < -0.39 is 26.6 Å². The molecule has 0 radical (unpaired) electrons. The Morgan fingerprint density at radius 3 is 2.15 bits per heavy atom. The minimum absolute atomic E-state index is 0.180. The molecule has 0 atom stereocenters. The van der Waals surface area contributed by atoms with Crippen molar-refractivity contribution in [3.63, 3.8) is 0 Å². The van der Waals surface area contributed by atoms with Crippen LogP contribution in [0.3, 0.4) is 0 Å². The summed E-state index contributed by atoms with van der Waals surface area (Å²) in [4.78, 5) is 11.8. The predicted molar refractivity (Wildman–Crippen MR) is 121 cm³/mol. The highest BCUT2D eigenvalue weighted by Gasteiger charge is 2.20. The second kappa shape index (κ2) is 9.17. The van der Waals surface area contributed by atoms with Gasteiger partial charge in [0.1, 0.15) is 40.3 Å². The summed E-state index contributed by atoms with van der Waals surface area (Å²) in [6.45, 7) is 1.96. The Morgan fingerprint density at radius 1 is 0.758 bits per heavy atom. The highest BCUT2D eigenvalue weighted by Crippen LogP contribution is 2.23. The van der Waals surface area contributed by atoms with E-state index in [-0.39, 0.29) is 5.69 Å². The van der Waals surface area contributed by atoms with Crippen LogP contribution in [0.1, 0.15) is 5.56 Å². The SMILES string of the molecule is Cc1ccnc(Nc2cc(Nc3ccc(NS(=O)(=O)c4cc(F)ccc4F)cc3)ncn2)c1. The van der Waals surface area contributed by atoms with Gasteiger partial charge in [-0.2, -0.15) is 0 Å². The fraction of sp³-hybridized carbons (Fsp3) is 0.0455. The van der Waals surface area contributed by atoms with Crippen molar-refractivity contribution in [1.29, 1.82) is 0 Å². The number of aryl methyl sites for hydroxylation is 1. The fourth-order valence-corrected chi connectivity index (χ4v) is 4.04. The number of anilines is 5. The van der Waals surface area contributed by atoms with Gasteiger partial charge in [0.15, 0.2) is 0 Å². The van der Waals surface area contributed by atoms with Crippen molar-refractivity contribution >= 4 is 38.9 Å². The van der Waals surface area contributed by atoms with Gasteiger partial charge in [-0.3, -0.25) is 4.72 Å². The van der Waals surface area contributed by atoms with Gasteiger partial charge in [0.05, 0.1) is 0 Å². The Morgan fingerprint density at radius 2 is 1.42 bits per heavy atom. The van der Waals surface area contributed by atoms with Crippen LogP contribution in [0, 0.1) is 18.6 Å². The second-order valence-corrected chi connectivity index (χ2v) is 8.67. The van der Waals surface area contributed by atoms with E-state index in [4.69, 9.17) is 0 Å². The highest BCUT2D eigenvalue weighted by atomic mass is 32.2. The Labute approximate surface area is 188 Å². The summed E-state index contributed by atoms with van der Waals surface area (Å²) in [6.07, 6.45) is 3.08. The minimum Gasteiger partial charge on any atom is -0.340 e. The third-order valence-corrected chi connectivity index (χ3v) is 5.83. The molecule has 168 valence electrons. The molecule has 0 aliphatic carbocycles. The Bertz CT molecular complexity index is 1400. The summed E-state index contributed by atoms with van der Waals surface area (Å²) < 4.78 is 54.2. The van der Waals surface area contributed by atoms with Crippen molar-refractivity contribution < 1.29 is 17.2 Å². The lowest BCUT2D eigenvalue weighted by Crippen LogP contribution is -2.14. The van der Waals surface area contributed by atoms with Gasteiger partial charge in [0.2, 0.25) is 0 Å². The van der Waals surface area contributed by atoms with Crippen LogP contribution in [0.15, 0.2) is 78.1 Å². The van der Waals surface area contributed by atoms with Gasteiger partial charge in [-0.05, 0) is 67.1 Å². The molecule has 2 heterocycles. The van der Waals surface area contributed by atoms with E-state index in [1.165, 1.54) is 18.5 Å². The molecule has 0 unspecified atom stereocenters. The fourth-order valence-electron chi connectivity index (χ4n) is 2.89. The number of nitrogens with zero attached hydrogens (tertiary/aromatic N) is 3. The van der Waals surface area contributed by atoms with Crippen LogP contribution in [0.25, 0.3) is 0 Å². The molecule has 4 rings (SSSR count). The lowest BCUT2D eigenvalue weighted by Gasteiger charge is -2.11. The molecule has 0 bridgehead atoms. The number of hydrogen-bond donors (Lipinski definition) is 3. The van der Waals surface area contributed by atoms with Crippen LogP contribution in [0.4, 0.5) is 37.6 Å². The molecular formula is C22H18F2N6O2S. The predicted octanol–water partition coefficient (Wildman–Crippen LogP) is 4.75. The van der Waals surface area contributed by atoms with Crippen molar-refractivity contribution in [2.45, 2.75) is 11.8 Å². The summed E-state index contributed by atoms with van der Waals surface area (Å²) >= 11 is 0. The molecule has 0 saturated heterocycles. The quantitative estimate of drug-likeness (QED) is 0.359. The van der Waals surface area contributed by atoms with E-state index in [1.54, 1.807) is 24.4 Å². The third kappa shape index (κ3) is 5.57. The van der Waals surface area contributed by atoms with Gasteiger partial charge >= 0.3 is 0 Å². The van der Waals surface area contributed by atoms with Gasteiger partial charge in [-0.15, -0.1) is 0 Å². The van der Waals surface area contributed by atoms with Gasteiger partial charge in [0.25, 0.3) is 10.0 Å². The largest absolute Gasteiger partial charge is 0.340 e. The first kappa shape index (κ1) is 22.1. The number of rotatable bonds is 7. The number of aromatic nitrogens is 3. The molecular weight excluding hydrogens is 450 g/mol. The zero-order chi connectivity index (χ0) is 23.4. The smallest absolute Gasteiger partial charge is 0.264 e. The molecule has 0 saturated carbocycles. The normalized spacial score (nSPS) is 11.1. The first-order valence-corrected chi connectivity index (χ1v) is 11.1. The molecule has 3 N–H and O–H groups in total. The van der Waals surface area contributed by atoms with Crippen LogP contribution in [-0.4, -0.2) is 23.4 Å². The maximum atomic E-state index is 13.8. The standard InChI is InChI=1S/C22H18F2N6O2S/c1-14-8-9-25-20(10-14)29-22-12-21(26-13-27-22)28-16-3-5-17(6-4-16)30-33(31,32)19-11-15(23)2-7-18(19)24/h2-13,30H,1H3,(H2,25,26,27,28,29). The molecule has 0 spiro atoms. The van der Waals surface area contributed by atoms with Gasteiger partial charge in [0, 0.05) is 23.6 Å². The zero-order valence-electron chi connectivity index (χ0n) is 17.3. The monoisotopic (exact) mass is 468 g/mol. The average Bonchev–Trinajstić information content (AvgIpc) is 2.77. The number of pyridine rings is 1. The van der Waals surface area contributed by atoms with Gasteiger partial charge < -0.3 is 10.6 Å². The van der Waals surface area contributed by atoms with E-state index in [2.05, 4.69) is 30.3 Å². The van der Waals surface area contributed by atoms with E-state index in [1.807, 2.05) is 19.1 Å². The second-order valence-electron chi connectivity index (χ2n) is 7.01. The lowest BCUT2D eigenvalue weighted by atomic mass is 10.3. The van der Waals surface area contributed by atoms with E-state index in [0.29, 0.717) is 29.2 Å². The first-order chi connectivity index (χ1) is 15.8. The molecule has 8 nitrogen and oxygen atoms in total. The van der Waals surface area contributed by atoms with E-state index >= 15 is 0 Å². The summed E-state index contributed by atoms with van der Waals surface area (Å²) in [5.41, 5.74) is 1.85. The summed E-state index contributed by atoms with van der Waals surface area (Å²) in [5.74, 6) is -0.224. The summed E-state index contributed by atoms with van der Waals surface area (Å²) in [6, 6.07) is 13.9. The number of halogens is 2. The average molecular weight is 468 g/mol. The Kier molecular flexibility index (Phi) is 6.13. The summed E-state index contributed by atoms with van der Waals surface area (Å²) in [7, 11) is -4.30. The Hall–Kier alpha value is -4.12. The van der Waals surface area contributed by atoms with Crippen LogP contribution in [0.2, 0.25) is 0 Å². The van der Waals surface area contributed by atoms with Gasteiger partial charge in [-0.1, -0.05) is 0 Å². The Balaban J connectivity index is 1.45. The topological polar surface area (TPSA) is 109 Å². The highest BCUT2D eigenvalue weighted by molar-refractivity contribution is 7.92. The lowest BCUT2D eigenvalue weighted by molar-refractivity contribution is 0.555. The molecule has 2 aromatic heterocycles. The van der Waals surface area contributed by atoms with Crippen molar-refractivity contribution in [1.82, 2.24) is 15.0 Å². The maximum Gasteiger partial charge on any atom is 0.264 e. The number of nitrogens with one attached hydrogen (secondary N) is 3. The van der Waals surface area contributed by atoms with Crippen molar-refractivity contribution in [2.24, 2.45) is 0 Å². The van der Waals surface area contributed by atoms with Crippen molar-refractivity contribution in [2.75, 3.05) is 15.4 Å². The molecule has 0 aliphatic heterocycles. The number of sulfonamides is 1. The van der Waals surface area contributed by atoms with E-state index in [0.717, 1.165) is 17.7 Å². The third-order valence-electron chi connectivity index (χ3n) is 4.43. The zero-order valence-corrected chi connectivity index (χ0v) is 18.1. The minimum atomic E-state index is -4.30. The molecule has 33 heavy (non-hydrogen) atoms. The van der Waals surface area contributed by atoms with Crippen LogP contribution in [0.5, 0.6) is 0 Å². The van der Waals surface area contributed by atoms with Crippen LogP contribution in [-0.2, 0) is 10.0 Å².